The molecule has 1 unspecified atom stereocenters. The lowest BCUT2D eigenvalue weighted by molar-refractivity contribution is -0.121. The molecular weight excluding hydrogens is 477 g/mol. The first kappa shape index (κ1) is 24.9. The first-order valence-electron chi connectivity index (χ1n) is 11.2. The van der Waals surface area contributed by atoms with Crippen molar-refractivity contribution in [3.05, 3.63) is 47.9 Å². The van der Waals surface area contributed by atoms with Gasteiger partial charge in [-0.15, -0.1) is 0 Å². The van der Waals surface area contributed by atoms with E-state index in [2.05, 4.69) is 20.3 Å². The molecule has 188 valence electrons. The second-order valence-electron chi connectivity index (χ2n) is 8.91. The number of hydrogen-bond donors (Lipinski definition) is 3. The Labute approximate surface area is 203 Å². The van der Waals surface area contributed by atoms with Gasteiger partial charge in [-0.05, 0) is 43.4 Å². The van der Waals surface area contributed by atoms with Gasteiger partial charge in [0.1, 0.15) is 11.8 Å². The lowest BCUT2D eigenvalue weighted by atomic mass is 9.95. The van der Waals surface area contributed by atoms with Crippen molar-refractivity contribution >= 4 is 33.5 Å². The molecule has 3 amide bonds. The Kier molecular flexibility index (Phi) is 6.95. The van der Waals surface area contributed by atoms with Crippen LogP contribution in [0.5, 0.6) is 5.75 Å². The van der Waals surface area contributed by atoms with E-state index in [0.29, 0.717) is 31.6 Å². The minimum atomic E-state index is -3.27. The number of piperidine rings is 1. The smallest absolute Gasteiger partial charge is 0.321 e. The first-order chi connectivity index (χ1) is 16.6. The van der Waals surface area contributed by atoms with Crippen LogP contribution >= 0.6 is 0 Å². The fourth-order valence-electron chi connectivity index (χ4n) is 4.17. The first-order valence-corrected chi connectivity index (χ1v) is 13.1. The predicted molar refractivity (Wildman–Crippen MR) is 128 cm³/mol. The van der Waals surface area contributed by atoms with Crippen LogP contribution in [-0.2, 0) is 20.2 Å². The van der Waals surface area contributed by atoms with Gasteiger partial charge < -0.3 is 15.0 Å². The quantitative estimate of drug-likeness (QED) is 0.504. The van der Waals surface area contributed by atoms with Gasteiger partial charge in [0.05, 0.1) is 19.6 Å². The molecule has 1 saturated heterocycles. The van der Waals surface area contributed by atoms with Crippen molar-refractivity contribution in [1.82, 2.24) is 15.0 Å². The highest BCUT2D eigenvalue weighted by molar-refractivity contribution is 7.88. The molecule has 2 fully saturated rings. The molecule has 0 radical (unpaired) electrons. The van der Waals surface area contributed by atoms with E-state index in [1.807, 2.05) is 24.3 Å². The molecule has 1 atom stereocenters. The van der Waals surface area contributed by atoms with Crippen LogP contribution < -0.4 is 25.0 Å². The average molecular weight is 506 g/mol. The molecule has 0 bridgehead atoms. The van der Waals surface area contributed by atoms with Crippen LogP contribution in [0.15, 0.2) is 36.5 Å². The summed E-state index contributed by atoms with van der Waals surface area (Å²) in [5.41, 5.74) is 1.51. The Balaban J connectivity index is 1.38. The third-order valence-electron chi connectivity index (χ3n) is 6.35. The minimum Gasteiger partial charge on any atom is -0.495 e. The Morgan fingerprint density at radius 3 is 2.60 bits per heavy atom. The van der Waals surface area contributed by atoms with E-state index in [1.165, 1.54) is 13.3 Å². The lowest BCUT2D eigenvalue weighted by Gasteiger charge is -2.33. The van der Waals surface area contributed by atoms with Gasteiger partial charge in [0, 0.05) is 30.3 Å². The normalized spacial score (nSPS) is 19.2. The molecule has 2 aromatic rings. The molecule has 2 aliphatic rings. The van der Waals surface area contributed by atoms with Gasteiger partial charge in [-0.1, -0.05) is 12.1 Å². The number of nitrogens with one attached hydrogen (secondary N) is 3. The summed E-state index contributed by atoms with van der Waals surface area (Å²) < 4.78 is 44.5. The zero-order chi connectivity index (χ0) is 25.2. The van der Waals surface area contributed by atoms with Crippen LogP contribution in [0.4, 0.5) is 20.7 Å². The molecule has 35 heavy (non-hydrogen) atoms. The summed E-state index contributed by atoms with van der Waals surface area (Å²) in [5, 5.41) is 4.93. The molecule has 4 rings (SSSR count). The van der Waals surface area contributed by atoms with Crippen molar-refractivity contribution in [2.45, 2.75) is 37.1 Å². The number of carbonyl (C=O) groups excluding carboxylic acids is 2. The molecule has 12 heteroatoms. The van der Waals surface area contributed by atoms with Gasteiger partial charge in [0.25, 0.3) is 0 Å². The van der Waals surface area contributed by atoms with Crippen LogP contribution in [0, 0.1) is 5.82 Å². The molecule has 1 saturated carbocycles. The highest BCUT2D eigenvalue weighted by Crippen LogP contribution is 2.48. The van der Waals surface area contributed by atoms with Crippen molar-refractivity contribution in [3.63, 3.8) is 0 Å². The number of urea groups is 1. The summed E-state index contributed by atoms with van der Waals surface area (Å²) >= 11 is 0. The zero-order valence-corrected chi connectivity index (χ0v) is 20.3. The van der Waals surface area contributed by atoms with Gasteiger partial charge in [-0.25, -0.2) is 27.3 Å². The fraction of sp³-hybridized carbons (Fsp3) is 0.435. The number of nitrogens with zero attached hydrogens (tertiary/aromatic N) is 2. The number of sulfonamides is 1. The number of aromatic nitrogens is 1. The van der Waals surface area contributed by atoms with E-state index < -0.39 is 27.9 Å². The zero-order valence-electron chi connectivity index (χ0n) is 19.5. The van der Waals surface area contributed by atoms with Crippen molar-refractivity contribution in [1.29, 1.82) is 0 Å². The number of methoxy groups -OCH3 is 1. The standard InChI is InChI=1S/C23H28FN5O5S/c1-34-17-12-18(24)20(25-13-17)28-22(31)27-19-4-3-11-29(21(19)30)16-7-5-15(6-8-16)23(9-10-23)14-26-35(2,32)33/h5-8,12-13,19,26H,3-4,9-11,14H2,1-2H3,(H2,25,27,28,31). The van der Waals surface area contributed by atoms with Gasteiger partial charge in [-0.2, -0.15) is 0 Å². The van der Waals surface area contributed by atoms with Crippen molar-refractivity contribution in [3.8, 4) is 5.75 Å². The van der Waals surface area contributed by atoms with Gasteiger partial charge >= 0.3 is 6.03 Å². The number of rotatable bonds is 8. The Bertz CT molecular complexity index is 1220. The molecule has 2 heterocycles. The Morgan fingerprint density at radius 2 is 2.00 bits per heavy atom. The monoisotopic (exact) mass is 505 g/mol. The predicted octanol–water partition coefficient (Wildman–Crippen LogP) is 2.13. The van der Waals surface area contributed by atoms with Crippen LogP contribution in [0.2, 0.25) is 0 Å². The summed E-state index contributed by atoms with van der Waals surface area (Å²) in [5.74, 6) is -1.06. The van der Waals surface area contributed by atoms with Crippen LogP contribution in [0.1, 0.15) is 31.2 Å². The fourth-order valence-corrected chi connectivity index (χ4v) is 4.71. The number of halogens is 1. The van der Waals surface area contributed by atoms with E-state index in [0.717, 1.165) is 30.7 Å². The minimum absolute atomic E-state index is 0.208. The van der Waals surface area contributed by atoms with Crippen LogP contribution in [-0.4, -0.2) is 57.8 Å². The molecule has 1 aromatic heterocycles. The summed E-state index contributed by atoms with van der Waals surface area (Å²) in [4.78, 5) is 30.9. The summed E-state index contributed by atoms with van der Waals surface area (Å²) in [6.07, 6.45) is 5.34. The Morgan fingerprint density at radius 1 is 1.29 bits per heavy atom. The highest BCUT2D eigenvalue weighted by atomic mass is 32.2. The third kappa shape index (κ3) is 5.88. The number of benzene rings is 1. The van der Waals surface area contributed by atoms with Gasteiger partial charge in [0.2, 0.25) is 15.9 Å². The number of hydrogen-bond acceptors (Lipinski definition) is 6. The van der Waals surface area contributed by atoms with Crippen molar-refractivity contribution in [2.75, 3.05) is 36.7 Å². The summed E-state index contributed by atoms with van der Waals surface area (Å²) in [6, 6.07) is 7.12. The molecule has 1 aliphatic heterocycles. The SMILES string of the molecule is COc1cnc(NC(=O)NC2CCCN(c3ccc(C4(CNS(C)(=O)=O)CC4)cc3)C2=O)c(F)c1. The molecule has 10 nitrogen and oxygen atoms in total. The summed E-state index contributed by atoms with van der Waals surface area (Å²) in [6.45, 7) is 0.853. The maximum atomic E-state index is 14.1. The van der Waals surface area contributed by atoms with E-state index in [4.69, 9.17) is 4.74 Å². The topological polar surface area (TPSA) is 130 Å². The number of pyridine rings is 1. The van der Waals surface area contributed by atoms with Gasteiger partial charge in [0.15, 0.2) is 11.6 Å². The van der Waals surface area contributed by atoms with E-state index in [9.17, 15) is 22.4 Å². The van der Waals surface area contributed by atoms with E-state index in [-0.39, 0.29) is 22.9 Å². The second-order valence-corrected chi connectivity index (χ2v) is 10.7. The molecule has 3 N–H and O–H groups in total. The Hall–Kier alpha value is -3.25. The lowest BCUT2D eigenvalue weighted by Crippen LogP contribution is -2.53. The second kappa shape index (κ2) is 9.78. The summed E-state index contributed by atoms with van der Waals surface area (Å²) in [7, 11) is -1.89. The molecule has 0 spiro atoms. The number of carbonyl (C=O) groups is 2. The third-order valence-corrected chi connectivity index (χ3v) is 7.01. The number of ether oxygens (including phenoxy) is 1. The maximum absolute atomic E-state index is 14.1. The maximum Gasteiger partial charge on any atom is 0.321 e. The highest BCUT2D eigenvalue weighted by Gasteiger charge is 2.44. The average Bonchev–Trinajstić information content (AvgIpc) is 3.61. The number of anilines is 2. The number of amides is 3. The van der Waals surface area contributed by atoms with E-state index in [1.54, 1.807) is 4.90 Å². The molecular formula is C23H28FN5O5S. The molecule has 1 aromatic carbocycles. The van der Waals surface area contributed by atoms with Crippen LogP contribution in [0.3, 0.4) is 0 Å². The molecule has 1 aliphatic carbocycles. The largest absolute Gasteiger partial charge is 0.495 e. The van der Waals surface area contributed by atoms with Crippen molar-refractivity contribution < 1.29 is 27.1 Å². The van der Waals surface area contributed by atoms with Crippen LogP contribution in [0.25, 0.3) is 0 Å². The van der Waals surface area contributed by atoms with E-state index >= 15 is 0 Å². The van der Waals surface area contributed by atoms with Gasteiger partial charge in [-0.3, -0.25) is 10.1 Å². The van der Waals surface area contributed by atoms with Crippen molar-refractivity contribution in [2.24, 2.45) is 0 Å².